The monoisotopic (exact) mass is 417 g/mol. The molecule has 0 fully saturated rings. The number of nitrogens with one attached hydrogen (secondary N) is 2. The van der Waals surface area contributed by atoms with Crippen LogP contribution in [0.5, 0.6) is 5.88 Å². The summed E-state index contributed by atoms with van der Waals surface area (Å²) in [5.74, 6) is 0.942. The molecule has 0 saturated heterocycles. The number of rotatable bonds is 9. The van der Waals surface area contributed by atoms with Crippen LogP contribution in [0, 0.1) is 0 Å². The van der Waals surface area contributed by atoms with Crippen molar-refractivity contribution < 1.29 is 4.74 Å². The molecule has 0 spiro atoms. The average Bonchev–Trinajstić information content (AvgIpc) is 3.46. The molecule has 4 rings (SSSR count). The lowest BCUT2D eigenvalue weighted by molar-refractivity contribution is 0.398. The second kappa shape index (κ2) is 9.12. The summed E-state index contributed by atoms with van der Waals surface area (Å²) in [4.78, 5) is 25.4. The van der Waals surface area contributed by atoms with Crippen LogP contribution in [-0.4, -0.2) is 43.0 Å². The number of imidazole rings is 1. The number of methoxy groups -OCH3 is 1. The molecular weight excluding hydrogens is 394 g/mol. The standard InChI is InChI=1S/C22H23N7O2/c1-16(24-7-3-10-28-11-9-23-15-28)18-4-5-20(26-13-18)29-22(30)19(14-27-29)17-6-8-25-21(12-17)31-2/h4-6,8-9,11-15,24,27H,1,3,7,10H2,2H3. The van der Waals surface area contributed by atoms with Crippen LogP contribution in [0.3, 0.4) is 0 Å². The molecule has 0 amide bonds. The fourth-order valence-corrected chi connectivity index (χ4v) is 3.15. The highest BCUT2D eigenvalue weighted by molar-refractivity contribution is 5.63. The summed E-state index contributed by atoms with van der Waals surface area (Å²) in [6.07, 6.45) is 11.4. The van der Waals surface area contributed by atoms with Gasteiger partial charge in [0.2, 0.25) is 5.88 Å². The Labute approximate surface area is 179 Å². The van der Waals surface area contributed by atoms with E-state index in [0.717, 1.165) is 36.3 Å². The first-order valence-electron chi connectivity index (χ1n) is 9.82. The summed E-state index contributed by atoms with van der Waals surface area (Å²) >= 11 is 0. The predicted octanol–water partition coefficient (Wildman–Crippen LogP) is 2.48. The molecule has 0 aliphatic heterocycles. The molecule has 0 aliphatic carbocycles. The van der Waals surface area contributed by atoms with Gasteiger partial charge >= 0.3 is 0 Å². The number of pyridine rings is 2. The third-order valence-electron chi connectivity index (χ3n) is 4.84. The van der Waals surface area contributed by atoms with E-state index in [4.69, 9.17) is 4.74 Å². The minimum absolute atomic E-state index is 0.204. The van der Waals surface area contributed by atoms with Crippen LogP contribution in [0.2, 0.25) is 0 Å². The summed E-state index contributed by atoms with van der Waals surface area (Å²) in [5.41, 5.74) is 2.68. The SMILES string of the molecule is C=C(NCCCn1ccnc1)c1ccc(-n2[nH]cc(-c3ccnc(OC)c3)c2=O)nc1. The van der Waals surface area contributed by atoms with E-state index in [1.165, 1.54) is 11.8 Å². The van der Waals surface area contributed by atoms with Crippen molar-refractivity contribution in [3.63, 3.8) is 0 Å². The van der Waals surface area contributed by atoms with E-state index < -0.39 is 0 Å². The van der Waals surface area contributed by atoms with Gasteiger partial charge in [0.25, 0.3) is 5.56 Å². The number of hydrogen-bond donors (Lipinski definition) is 2. The summed E-state index contributed by atoms with van der Waals surface area (Å²) in [6.45, 7) is 5.75. The Hall–Kier alpha value is -4.14. The highest BCUT2D eigenvalue weighted by atomic mass is 16.5. The van der Waals surface area contributed by atoms with Gasteiger partial charge in [0, 0.05) is 61.4 Å². The van der Waals surface area contributed by atoms with Crippen molar-refractivity contribution in [1.82, 2.24) is 34.6 Å². The lowest BCUT2D eigenvalue weighted by Gasteiger charge is -2.10. The predicted molar refractivity (Wildman–Crippen MR) is 118 cm³/mol. The number of aromatic amines is 1. The number of hydrogen-bond acceptors (Lipinski definition) is 6. The topological polar surface area (TPSA) is 103 Å². The average molecular weight is 417 g/mol. The van der Waals surface area contributed by atoms with E-state index in [-0.39, 0.29) is 5.56 Å². The Balaban J connectivity index is 1.41. The molecule has 4 heterocycles. The second-order valence-corrected chi connectivity index (χ2v) is 6.88. The third-order valence-corrected chi connectivity index (χ3v) is 4.84. The quantitative estimate of drug-likeness (QED) is 0.406. The zero-order valence-electron chi connectivity index (χ0n) is 17.2. The number of H-pyrrole nitrogens is 1. The highest BCUT2D eigenvalue weighted by Gasteiger charge is 2.12. The first-order chi connectivity index (χ1) is 15.2. The van der Waals surface area contributed by atoms with E-state index in [9.17, 15) is 4.79 Å². The molecule has 0 bridgehead atoms. The molecular formula is C22H23N7O2. The van der Waals surface area contributed by atoms with Gasteiger partial charge in [0.1, 0.15) is 0 Å². The lowest BCUT2D eigenvalue weighted by Crippen LogP contribution is -2.18. The van der Waals surface area contributed by atoms with Crippen molar-refractivity contribution in [3.05, 3.63) is 84.1 Å². The molecule has 0 atom stereocenters. The van der Waals surface area contributed by atoms with Crippen molar-refractivity contribution in [2.24, 2.45) is 0 Å². The molecule has 0 unspecified atom stereocenters. The molecule has 0 saturated carbocycles. The van der Waals surface area contributed by atoms with Crippen molar-refractivity contribution >= 4 is 5.70 Å². The van der Waals surface area contributed by atoms with Gasteiger partial charge < -0.3 is 14.6 Å². The maximum Gasteiger partial charge on any atom is 0.280 e. The van der Waals surface area contributed by atoms with Crippen LogP contribution in [-0.2, 0) is 6.54 Å². The zero-order valence-corrected chi connectivity index (χ0v) is 17.2. The van der Waals surface area contributed by atoms with Crippen LogP contribution >= 0.6 is 0 Å². The lowest BCUT2D eigenvalue weighted by atomic mass is 10.1. The second-order valence-electron chi connectivity index (χ2n) is 6.88. The summed E-state index contributed by atoms with van der Waals surface area (Å²) in [7, 11) is 1.54. The van der Waals surface area contributed by atoms with Gasteiger partial charge in [-0.3, -0.25) is 9.89 Å². The van der Waals surface area contributed by atoms with Gasteiger partial charge in [-0.25, -0.2) is 19.6 Å². The Kier molecular flexibility index (Phi) is 5.93. The molecule has 9 nitrogen and oxygen atoms in total. The van der Waals surface area contributed by atoms with Gasteiger partial charge in [0.15, 0.2) is 5.82 Å². The molecule has 9 heteroatoms. The first kappa shape index (κ1) is 20.1. The fourth-order valence-electron chi connectivity index (χ4n) is 3.15. The van der Waals surface area contributed by atoms with Crippen molar-refractivity contribution in [3.8, 4) is 22.8 Å². The van der Waals surface area contributed by atoms with E-state index >= 15 is 0 Å². The number of nitrogens with zero attached hydrogens (tertiary/aromatic N) is 5. The van der Waals surface area contributed by atoms with Crippen molar-refractivity contribution in [1.29, 1.82) is 0 Å². The zero-order chi connectivity index (χ0) is 21.6. The Morgan fingerprint density at radius 1 is 1.26 bits per heavy atom. The van der Waals surface area contributed by atoms with E-state index in [0.29, 0.717) is 17.3 Å². The summed E-state index contributed by atoms with van der Waals surface area (Å²) < 4.78 is 8.57. The van der Waals surface area contributed by atoms with Crippen molar-refractivity contribution in [2.45, 2.75) is 13.0 Å². The highest BCUT2D eigenvalue weighted by Crippen LogP contribution is 2.19. The first-order valence-corrected chi connectivity index (χ1v) is 9.82. The van der Waals surface area contributed by atoms with E-state index in [1.807, 2.05) is 16.8 Å². The van der Waals surface area contributed by atoms with Crippen LogP contribution in [0.25, 0.3) is 22.6 Å². The van der Waals surface area contributed by atoms with Gasteiger partial charge in [-0.2, -0.15) is 0 Å². The Morgan fingerprint density at radius 2 is 2.16 bits per heavy atom. The third kappa shape index (κ3) is 4.55. The molecule has 0 aromatic carbocycles. The molecule has 158 valence electrons. The number of aryl methyl sites for hydroxylation is 1. The minimum atomic E-state index is -0.204. The van der Waals surface area contributed by atoms with Crippen LogP contribution in [0.4, 0.5) is 0 Å². The minimum Gasteiger partial charge on any atom is -0.481 e. The molecule has 0 aliphatic rings. The fraction of sp³-hybridized carbons (Fsp3) is 0.182. The Bertz CT molecular complexity index is 1210. The van der Waals surface area contributed by atoms with Crippen LogP contribution in [0.15, 0.2) is 73.0 Å². The number of aromatic nitrogens is 6. The van der Waals surface area contributed by atoms with Gasteiger partial charge in [-0.05, 0) is 30.2 Å². The molecule has 4 aromatic heterocycles. The van der Waals surface area contributed by atoms with Crippen molar-refractivity contribution in [2.75, 3.05) is 13.7 Å². The summed E-state index contributed by atoms with van der Waals surface area (Å²) in [5, 5.41) is 6.27. The van der Waals surface area contributed by atoms with Crippen LogP contribution in [0.1, 0.15) is 12.0 Å². The van der Waals surface area contributed by atoms with E-state index in [1.54, 1.807) is 49.3 Å². The normalized spacial score (nSPS) is 10.7. The largest absolute Gasteiger partial charge is 0.481 e. The van der Waals surface area contributed by atoms with Gasteiger partial charge in [-0.15, -0.1) is 0 Å². The maximum atomic E-state index is 12.9. The molecule has 2 N–H and O–H groups in total. The summed E-state index contributed by atoms with van der Waals surface area (Å²) in [6, 6.07) is 7.14. The molecule has 0 radical (unpaired) electrons. The molecule has 31 heavy (non-hydrogen) atoms. The van der Waals surface area contributed by atoms with Gasteiger partial charge in [-0.1, -0.05) is 6.58 Å². The Morgan fingerprint density at radius 3 is 2.90 bits per heavy atom. The van der Waals surface area contributed by atoms with Gasteiger partial charge in [0.05, 0.1) is 19.0 Å². The molecule has 4 aromatic rings. The number of ether oxygens (including phenoxy) is 1. The maximum absolute atomic E-state index is 12.9. The van der Waals surface area contributed by atoms with Crippen LogP contribution < -0.4 is 15.6 Å². The smallest absolute Gasteiger partial charge is 0.280 e. The van der Waals surface area contributed by atoms with E-state index in [2.05, 4.69) is 31.9 Å².